The fraction of sp³-hybridized carbons (Fsp3) is 0.800. The molecule has 0 saturated carbocycles. The molecule has 0 aromatic rings. The fourth-order valence-electron chi connectivity index (χ4n) is 0.129. The molecule has 0 amide bonds. The molecule has 1 N–H and O–H groups in total. The van der Waals surface area contributed by atoms with Gasteiger partial charge in [-0.3, -0.25) is 0 Å². The van der Waals surface area contributed by atoms with Crippen LogP contribution in [0.1, 0.15) is 20.3 Å². The lowest BCUT2D eigenvalue weighted by atomic mass is 10.3. The minimum absolute atomic E-state index is 0.449. The van der Waals surface area contributed by atoms with E-state index >= 15 is 0 Å². The van der Waals surface area contributed by atoms with E-state index in [1.54, 1.807) is 0 Å². The molecule has 0 heterocycles. The fourth-order valence-corrected chi connectivity index (χ4v) is 0.129. The summed E-state index contributed by atoms with van der Waals surface area (Å²) in [7, 11) is 3.38. The minimum Gasteiger partial charge on any atom is -0.580 e. The van der Waals surface area contributed by atoms with Crippen molar-refractivity contribution in [2.45, 2.75) is 26.4 Å². The number of rotatable bonds is 2. The predicted octanol–water partition coefficient (Wildman–Crippen LogP) is 1.10. The van der Waals surface area contributed by atoms with Crippen molar-refractivity contribution in [3.05, 3.63) is 7.11 Å². The Morgan fingerprint density at radius 3 is 2.33 bits per heavy atom. The van der Waals surface area contributed by atoms with Gasteiger partial charge in [0, 0.05) is 13.3 Å². The summed E-state index contributed by atoms with van der Waals surface area (Å²) in [6.45, 7) is 4.15. The molecule has 0 aliphatic carbocycles. The zero-order valence-corrected chi connectivity index (χ0v) is 4.44. The maximum absolute atomic E-state index is 3.76. The van der Waals surface area contributed by atoms with Gasteiger partial charge in [-0.15, -0.1) is 0 Å². The summed E-state index contributed by atoms with van der Waals surface area (Å²) in [6.07, 6.45) is 1.55. The lowest BCUT2D eigenvalue weighted by molar-refractivity contribution is -0.0149. The van der Waals surface area contributed by atoms with E-state index in [-0.39, 0.29) is 0 Å². The van der Waals surface area contributed by atoms with Crippen molar-refractivity contribution in [1.29, 1.82) is 0 Å². The number of hydrogen-bond donors (Lipinski definition) is 0. The molecule has 1 heteroatoms. The van der Waals surface area contributed by atoms with Crippen molar-refractivity contribution in [1.82, 2.24) is 0 Å². The van der Waals surface area contributed by atoms with Gasteiger partial charge in [0.1, 0.15) is 6.10 Å². The van der Waals surface area contributed by atoms with Crippen LogP contribution in [0, 0.1) is 7.11 Å². The molecular weight excluding hydrogens is 76.1 g/mol. The van der Waals surface area contributed by atoms with Crippen molar-refractivity contribution in [2.24, 2.45) is 0 Å². The van der Waals surface area contributed by atoms with Crippen LogP contribution in [0.5, 0.6) is 0 Å². The van der Waals surface area contributed by atoms with Gasteiger partial charge in [-0.1, -0.05) is 14.0 Å². The standard InChI is InChI=1S/C5H12O/c1-4-5(2)6-3/h5-6H,3-4H2,1-2H3. The zero-order valence-electron chi connectivity index (χ0n) is 4.44. The molecular formula is C5H12O. The van der Waals surface area contributed by atoms with Crippen LogP contribution in [-0.4, -0.2) is 10.8 Å². The van der Waals surface area contributed by atoms with E-state index in [2.05, 4.69) is 18.8 Å². The Hall–Kier alpha value is -0.0400. The highest BCUT2D eigenvalue weighted by atomic mass is 16.5. The molecule has 0 saturated heterocycles. The molecule has 0 aromatic heterocycles. The second-order valence-corrected chi connectivity index (χ2v) is 1.44. The smallest absolute Gasteiger partial charge is 0.126 e. The largest absolute Gasteiger partial charge is 0.580 e. The monoisotopic (exact) mass is 88.1 g/mol. The van der Waals surface area contributed by atoms with Crippen LogP contribution in [0.4, 0.5) is 0 Å². The third-order valence-electron chi connectivity index (χ3n) is 0.902. The Labute approximate surface area is 39.3 Å². The Morgan fingerprint density at radius 1 is 1.83 bits per heavy atom. The molecule has 0 aliphatic heterocycles. The highest BCUT2D eigenvalue weighted by molar-refractivity contribution is 4.38. The molecule has 38 valence electrons. The summed E-state index contributed by atoms with van der Waals surface area (Å²) in [5.41, 5.74) is 0. The summed E-state index contributed by atoms with van der Waals surface area (Å²) in [5.74, 6) is 0. The Kier molecular flexibility index (Phi) is 3.14. The Balaban J connectivity index is 2.75. The van der Waals surface area contributed by atoms with Gasteiger partial charge in [0.15, 0.2) is 0 Å². The lowest BCUT2D eigenvalue weighted by Gasteiger charge is -2.04. The van der Waals surface area contributed by atoms with Gasteiger partial charge in [-0.25, -0.2) is 0 Å². The number of ether oxygens (including phenoxy) is 1. The minimum atomic E-state index is 0.449. The van der Waals surface area contributed by atoms with Gasteiger partial charge >= 0.3 is 0 Å². The van der Waals surface area contributed by atoms with E-state index in [0.717, 1.165) is 6.42 Å². The second kappa shape index (κ2) is 3.16. The molecule has 0 rings (SSSR count). The average molecular weight is 88.2 g/mol. The summed E-state index contributed by atoms with van der Waals surface area (Å²) >= 11 is 0. The molecule has 0 radical (unpaired) electrons. The SMILES string of the molecule is [CH2-][OH+]C(C)CC. The van der Waals surface area contributed by atoms with Crippen molar-refractivity contribution in [3.63, 3.8) is 0 Å². The van der Waals surface area contributed by atoms with E-state index < -0.39 is 0 Å². The molecule has 0 fully saturated rings. The first-order chi connectivity index (χ1) is 2.81. The molecule has 1 unspecified atom stereocenters. The molecule has 1 atom stereocenters. The summed E-state index contributed by atoms with van der Waals surface area (Å²) in [6, 6.07) is 0. The maximum Gasteiger partial charge on any atom is 0.126 e. The highest BCUT2D eigenvalue weighted by Crippen LogP contribution is 1.87. The number of hydrogen-bond acceptors (Lipinski definition) is 0. The van der Waals surface area contributed by atoms with Gasteiger partial charge in [0.25, 0.3) is 0 Å². The first-order valence-electron chi connectivity index (χ1n) is 2.27. The topological polar surface area (TPSA) is 12.8 Å². The van der Waals surface area contributed by atoms with Crippen molar-refractivity contribution < 1.29 is 4.74 Å². The first kappa shape index (κ1) is 5.96. The van der Waals surface area contributed by atoms with Crippen LogP contribution in [-0.2, 0) is 0 Å². The van der Waals surface area contributed by atoms with Gasteiger partial charge in [0.2, 0.25) is 0 Å². The van der Waals surface area contributed by atoms with Crippen LogP contribution in [0.15, 0.2) is 0 Å². The van der Waals surface area contributed by atoms with Crippen LogP contribution < -0.4 is 0 Å². The van der Waals surface area contributed by atoms with Crippen molar-refractivity contribution in [3.8, 4) is 0 Å². The van der Waals surface area contributed by atoms with Crippen LogP contribution in [0.2, 0.25) is 0 Å². The molecule has 0 aliphatic rings. The number of aliphatic hydroxyl groups is 2. The van der Waals surface area contributed by atoms with E-state index in [4.69, 9.17) is 0 Å². The van der Waals surface area contributed by atoms with E-state index in [0.29, 0.717) is 6.10 Å². The van der Waals surface area contributed by atoms with Crippen molar-refractivity contribution >= 4 is 0 Å². The Morgan fingerprint density at radius 2 is 2.33 bits per heavy atom. The maximum atomic E-state index is 3.76. The lowest BCUT2D eigenvalue weighted by Crippen LogP contribution is -2.03. The molecule has 0 aromatic carbocycles. The van der Waals surface area contributed by atoms with Gasteiger partial charge in [-0.05, 0) is 0 Å². The molecule has 0 bridgehead atoms. The average Bonchev–Trinajstić information content (AvgIpc) is 1.65. The summed E-state index contributed by atoms with van der Waals surface area (Å²) < 4.78 is 3.76. The normalized spacial score (nSPS) is 14.5. The predicted molar refractivity (Wildman–Crippen MR) is 27.3 cm³/mol. The molecule has 0 spiro atoms. The van der Waals surface area contributed by atoms with E-state index in [1.165, 1.54) is 0 Å². The molecule has 1 nitrogen and oxygen atoms in total. The van der Waals surface area contributed by atoms with Gasteiger partial charge in [-0.2, -0.15) is 0 Å². The summed E-state index contributed by atoms with van der Waals surface area (Å²) in [4.78, 5) is 0. The third-order valence-corrected chi connectivity index (χ3v) is 0.902. The molecule has 6 heavy (non-hydrogen) atoms. The van der Waals surface area contributed by atoms with Crippen LogP contribution in [0.25, 0.3) is 0 Å². The third kappa shape index (κ3) is 2.21. The van der Waals surface area contributed by atoms with Gasteiger partial charge < -0.3 is 4.74 Å². The Bertz CT molecular complexity index is 23.1. The quantitative estimate of drug-likeness (QED) is 0.354. The van der Waals surface area contributed by atoms with Crippen LogP contribution >= 0.6 is 0 Å². The van der Waals surface area contributed by atoms with Gasteiger partial charge in [0.05, 0.1) is 0 Å². The second-order valence-electron chi connectivity index (χ2n) is 1.44. The van der Waals surface area contributed by atoms with E-state index in [9.17, 15) is 0 Å². The van der Waals surface area contributed by atoms with Crippen LogP contribution in [0.3, 0.4) is 0 Å². The first-order valence-corrected chi connectivity index (χ1v) is 2.27. The van der Waals surface area contributed by atoms with Crippen molar-refractivity contribution in [2.75, 3.05) is 0 Å². The van der Waals surface area contributed by atoms with E-state index in [1.807, 2.05) is 6.92 Å². The zero-order chi connectivity index (χ0) is 4.99. The summed E-state index contributed by atoms with van der Waals surface area (Å²) in [5, 5.41) is 0. The highest BCUT2D eigenvalue weighted by Gasteiger charge is 1.90.